The lowest BCUT2D eigenvalue weighted by Crippen LogP contribution is -2.29. The van der Waals surface area contributed by atoms with Gasteiger partial charge < -0.3 is 5.32 Å². The molecule has 1 aromatic carbocycles. The molecule has 100 valence electrons. The number of rotatable bonds is 2. The van der Waals surface area contributed by atoms with Crippen LogP contribution in [-0.2, 0) is 11.8 Å². The fourth-order valence-electron chi connectivity index (χ4n) is 2.82. The van der Waals surface area contributed by atoms with E-state index < -0.39 is 0 Å². The Morgan fingerprint density at radius 3 is 2.50 bits per heavy atom. The molecule has 0 saturated carbocycles. The van der Waals surface area contributed by atoms with E-state index >= 15 is 0 Å². The number of benzene rings is 1. The molecule has 0 aromatic heterocycles. The molecule has 0 atom stereocenters. The van der Waals surface area contributed by atoms with Gasteiger partial charge in [0.1, 0.15) is 0 Å². The number of piperidine rings is 1. The maximum atomic E-state index is 6.16. The Morgan fingerprint density at radius 2 is 1.89 bits per heavy atom. The average molecular weight is 266 g/mol. The molecule has 0 spiro atoms. The summed E-state index contributed by atoms with van der Waals surface area (Å²) in [5.41, 5.74) is 3.07. The molecule has 1 N–H and O–H groups in total. The summed E-state index contributed by atoms with van der Waals surface area (Å²) in [7, 11) is 0. The Balaban J connectivity index is 2.21. The van der Waals surface area contributed by atoms with Crippen molar-refractivity contribution in [1.82, 2.24) is 5.32 Å². The third kappa shape index (κ3) is 3.49. The standard InChI is InChI=1S/C16H24ClN/c1-16(2,3)15-11-14(17)5-4-13(15)10-12-6-8-18-9-7-12/h4-5,11-12,18H,6-10H2,1-3H3. The lowest BCUT2D eigenvalue weighted by atomic mass is 9.80. The summed E-state index contributed by atoms with van der Waals surface area (Å²) in [6.07, 6.45) is 3.80. The van der Waals surface area contributed by atoms with Gasteiger partial charge in [-0.1, -0.05) is 38.4 Å². The smallest absolute Gasteiger partial charge is 0.0409 e. The van der Waals surface area contributed by atoms with E-state index in [-0.39, 0.29) is 5.41 Å². The summed E-state index contributed by atoms with van der Waals surface area (Å²) in [4.78, 5) is 0. The molecular weight excluding hydrogens is 242 g/mol. The third-order valence-electron chi connectivity index (χ3n) is 3.85. The molecule has 2 heteroatoms. The zero-order valence-corrected chi connectivity index (χ0v) is 12.5. The first-order chi connectivity index (χ1) is 8.47. The van der Waals surface area contributed by atoms with Gasteiger partial charge in [0, 0.05) is 5.02 Å². The molecule has 2 rings (SSSR count). The van der Waals surface area contributed by atoms with Crippen LogP contribution in [0.1, 0.15) is 44.7 Å². The van der Waals surface area contributed by atoms with Crippen LogP contribution < -0.4 is 5.32 Å². The second-order valence-electron chi connectivity index (χ2n) is 6.45. The van der Waals surface area contributed by atoms with Gasteiger partial charge in [-0.15, -0.1) is 0 Å². The molecule has 1 heterocycles. The van der Waals surface area contributed by atoms with Gasteiger partial charge in [0.05, 0.1) is 0 Å². The summed E-state index contributed by atoms with van der Waals surface area (Å²) in [5.74, 6) is 0.827. The van der Waals surface area contributed by atoms with Crippen molar-refractivity contribution in [2.45, 2.75) is 45.4 Å². The van der Waals surface area contributed by atoms with Crippen molar-refractivity contribution in [2.75, 3.05) is 13.1 Å². The Kier molecular flexibility index (Phi) is 4.34. The van der Waals surface area contributed by atoms with Crippen LogP contribution in [0.4, 0.5) is 0 Å². The van der Waals surface area contributed by atoms with Gasteiger partial charge in [-0.3, -0.25) is 0 Å². The van der Waals surface area contributed by atoms with Gasteiger partial charge in [-0.2, -0.15) is 0 Å². The summed E-state index contributed by atoms with van der Waals surface area (Å²) in [6.45, 7) is 9.14. The van der Waals surface area contributed by atoms with E-state index in [0.717, 1.165) is 10.9 Å². The number of hydrogen-bond donors (Lipinski definition) is 1. The van der Waals surface area contributed by atoms with Crippen molar-refractivity contribution < 1.29 is 0 Å². The SMILES string of the molecule is CC(C)(C)c1cc(Cl)ccc1CC1CCNCC1. The lowest BCUT2D eigenvalue weighted by Gasteiger charge is -2.27. The van der Waals surface area contributed by atoms with Crippen LogP contribution >= 0.6 is 11.6 Å². The highest BCUT2D eigenvalue weighted by Crippen LogP contribution is 2.31. The molecule has 0 aliphatic carbocycles. The third-order valence-corrected chi connectivity index (χ3v) is 4.08. The highest BCUT2D eigenvalue weighted by molar-refractivity contribution is 6.30. The maximum absolute atomic E-state index is 6.16. The van der Waals surface area contributed by atoms with Gasteiger partial charge >= 0.3 is 0 Å². The lowest BCUT2D eigenvalue weighted by molar-refractivity contribution is 0.370. The first-order valence-electron chi connectivity index (χ1n) is 6.96. The monoisotopic (exact) mass is 265 g/mol. The Morgan fingerprint density at radius 1 is 1.22 bits per heavy atom. The molecule has 0 unspecified atom stereocenters. The Bertz CT molecular complexity index is 400. The summed E-state index contributed by atoms with van der Waals surface area (Å²) >= 11 is 6.16. The van der Waals surface area contributed by atoms with E-state index in [0.29, 0.717) is 0 Å². The summed E-state index contributed by atoms with van der Waals surface area (Å²) in [5, 5.41) is 4.29. The molecule has 1 fully saturated rings. The van der Waals surface area contributed by atoms with Crippen LogP contribution in [0.2, 0.25) is 5.02 Å². The minimum atomic E-state index is 0.174. The van der Waals surface area contributed by atoms with Crippen LogP contribution in [-0.4, -0.2) is 13.1 Å². The van der Waals surface area contributed by atoms with Crippen LogP contribution in [0.3, 0.4) is 0 Å². The first-order valence-corrected chi connectivity index (χ1v) is 7.34. The molecule has 1 nitrogen and oxygen atoms in total. The summed E-state index contributed by atoms with van der Waals surface area (Å²) in [6, 6.07) is 6.41. The Hall–Kier alpha value is -0.530. The Labute approximate surface area is 116 Å². The fourth-order valence-corrected chi connectivity index (χ4v) is 2.99. The zero-order chi connectivity index (χ0) is 13.2. The maximum Gasteiger partial charge on any atom is 0.0409 e. The van der Waals surface area contributed by atoms with E-state index in [4.69, 9.17) is 11.6 Å². The van der Waals surface area contributed by atoms with Crippen LogP contribution in [0, 0.1) is 5.92 Å². The molecule has 18 heavy (non-hydrogen) atoms. The quantitative estimate of drug-likeness (QED) is 0.846. The predicted octanol–water partition coefficient (Wildman–Crippen LogP) is 4.18. The van der Waals surface area contributed by atoms with Gasteiger partial charge in [0.25, 0.3) is 0 Å². The highest BCUT2D eigenvalue weighted by atomic mass is 35.5. The minimum Gasteiger partial charge on any atom is -0.317 e. The number of hydrogen-bond acceptors (Lipinski definition) is 1. The number of halogens is 1. The average Bonchev–Trinajstić information content (AvgIpc) is 2.31. The van der Waals surface area contributed by atoms with Crippen LogP contribution in [0.5, 0.6) is 0 Å². The predicted molar refractivity (Wildman–Crippen MR) is 79.4 cm³/mol. The molecule has 0 bridgehead atoms. The van der Waals surface area contributed by atoms with E-state index in [1.165, 1.54) is 43.5 Å². The normalized spacial score (nSPS) is 18.0. The molecule has 0 radical (unpaired) electrons. The summed E-state index contributed by atoms with van der Waals surface area (Å²) < 4.78 is 0. The van der Waals surface area contributed by atoms with Crippen molar-refractivity contribution in [3.63, 3.8) is 0 Å². The minimum absolute atomic E-state index is 0.174. The number of nitrogens with one attached hydrogen (secondary N) is 1. The van der Waals surface area contributed by atoms with E-state index in [1.807, 2.05) is 6.07 Å². The largest absolute Gasteiger partial charge is 0.317 e. The highest BCUT2D eigenvalue weighted by Gasteiger charge is 2.21. The van der Waals surface area contributed by atoms with Crippen molar-refractivity contribution in [3.8, 4) is 0 Å². The van der Waals surface area contributed by atoms with Gasteiger partial charge in [-0.25, -0.2) is 0 Å². The van der Waals surface area contributed by atoms with Gasteiger partial charge in [0.15, 0.2) is 0 Å². The molecule has 1 aliphatic rings. The second-order valence-corrected chi connectivity index (χ2v) is 6.89. The molecule has 0 amide bonds. The topological polar surface area (TPSA) is 12.0 Å². The molecular formula is C16H24ClN. The van der Waals surface area contributed by atoms with Gasteiger partial charge in [0.2, 0.25) is 0 Å². The van der Waals surface area contributed by atoms with E-state index in [2.05, 4.69) is 38.2 Å². The zero-order valence-electron chi connectivity index (χ0n) is 11.7. The van der Waals surface area contributed by atoms with Crippen molar-refractivity contribution in [1.29, 1.82) is 0 Å². The van der Waals surface area contributed by atoms with E-state index in [1.54, 1.807) is 0 Å². The van der Waals surface area contributed by atoms with Crippen molar-refractivity contribution in [2.24, 2.45) is 5.92 Å². The van der Waals surface area contributed by atoms with Crippen molar-refractivity contribution >= 4 is 11.6 Å². The van der Waals surface area contributed by atoms with E-state index in [9.17, 15) is 0 Å². The van der Waals surface area contributed by atoms with Crippen molar-refractivity contribution in [3.05, 3.63) is 34.3 Å². The molecule has 1 aliphatic heterocycles. The van der Waals surface area contributed by atoms with Crippen LogP contribution in [0.15, 0.2) is 18.2 Å². The van der Waals surface area contributed by atoms with Crippen LogP contribution in [0.25, 0.3) is 0 Å². The molecule has 1 saturated heterocycles. The van der Waals surface area contributed by atoms with Gasteiger partial charge in [-0.05, 0) is 66.9 Å². The first kappa shape index (κ1) is 13.9. The second kappa shape index (κ2) is 5.63. The fraction of sp³-hybridized carbons (Fsp3) is 0.625. The molecule has 1 aromatic rings.